The lowest BCUT2D eigenvalue weighted by molar-refractivity contribution is 0.380. The van der Waals surface area contributed by atoms with E-state index < -0.39 is 34.2 Å². The van der Waals surface area contributed by atoms with Gasteiger partial charge < -0.3 is 5.73 Å². The van der Waals surface area contributed by atoms with Crippen LogP contribution in [0.25, 0.3) is 0 Å². The summed E-state index contributed by atoms with van der Waals surface area (Å²) in [6, 6.07) is 0.201. The minimum Gasteiger partial charge on any atom is -0.330 e. The van der Waals surface area contributed by atoms with E-state index in [2.05, 4.69) is 0 Å². The molecule has 0 saturated heterocycles. The predicted molar refractivity (Wildman–Crippen MR) is 53.0 cm³/mol. The maximum absolute atomic E-state index is 13.4. The maximum atomic E-state index is 13.4. The van der Waals surface area contributed by atoms with E-state index in [1.54, 1.807) is 0 Å². The maximum Gasteiger partial charge on any atom is 0.165 e. The summed E-state index contributed by atoms with van der Waals surface area (Å²) in [6.45, 7) is 3.14. The van der Waals surface area contributed by atoms with E-state index in [1.807, 2.05) is 0 Å². The summed E-state index contributed by atoms with van der Waals surface area (Å²) in [6.07, 6.45) is 0.226. The van der Waals surface area contributed by atoms with Crippen LogP contribution < -0.4 is 5.73 Å². The van der Waals surface area contributed by atoms with Crippen molar-refractivity contribution in [2.75, 3.05) is 6.54 Å². The normalized spacial score (nSPS) is 11.9. The Balaban J connectivity index is 3.42. The number of nitrogens with two attached hydrogens (primary N) is 1. The molecule has 0 amide bonds. The lowest BCUT2D eigenvalue weighted by atomic mass is 9.80. The first-order chi connectivity index (χ1) is 7.31. The summed E-state index contributed by atoms with van der Waals surface area (Å²) >= 11 is 0. The van der Waals surface area contributed by atoms with Crippen LogP contribution in [0.3, 0.4) is 0 Å². The zero-order valence-corrected chi connectivity index (χ0v) is 9.08. The van der Waals surface area contributed by atoms with Crippen LogP contribution >= 0.6 is 0 Å². The lowest BCUT2D eigenvalue weighted by Crippen LogP contribution is -2.25. The summed E-state index contributed by atoms with van der Waals surface area (Å²) in [7, 11) is 0. The first kappa shape index (κ1) is 13.0. The Morgan fingerprint density at radius 2 is 1.50 bits per heavy atom. The third-order valence-corrected chi connectivity index (χ3v) is 2.56. The van der Waals surface area contributed by atoms with Crippen molar-refractivity contribution in [1.82, 2.24) is 0 Å². The summed E-state index contributed by atoms with van der Waals surface area (Å²) in [4.78, 5) is 0. The van der Waals surface area contributed by atoms with Crippen molar-refractivity contribution in [3.63, 3.8) is 0 Å². The largest absolute Gasteiger partial charge is 0.330 e. The fourth-order valence-corrected chi connectivity index (χ4v) is 1.65. The minimum atomic E-state index is -1.39. The Hall–Kier alpha value is -1.10. The van der Waals surface area contributed by atoms with Gasteiger partial charge in [0.25, 0.3) is 0 Å². The van der Waals surface area contributed by atoms with E-state index in [0.29, 0.717) is 0 Å². The first-order valence-electron chi connectivity index (χ1n) is 4.85. The number of benzene rings is 1. The third-order valence-electron chi connectivity index (χ3n) is 2.56. The molecule has 1 nitrogen and oxygen atoms in total. The van der Waals surface area contributed by atoms with Crippen LogP contribution in [0.1, 0.15) is 25.8 Å². The monoisotopic (exact) mass is 235 g/mol. The topological polar surface area (TPSA) is 26.0 Å². The van der Waals surface area contributed by atoms with Crippen molar-refractivity contribution in [2.24, 2.45) is 5.73 Å². The van der Waals surface area contributed by atoms with Crippen molar-refractivity contribution in [3.05, 3.63) is 34.9 Å². The van der Waals surface area contributed by atoms with Crippen molar-refractivity contribution in [3.8, 4) is 0 Å². The molecule has 0 fully saturated rings. The molecular weight excluding hydrogens is 222 g/mol. The van der Waals surface area contributed by atoms with Gasteiger partial charge in [0.15, 0.2) is 23.3 Å². The Morgan fingerprint density at radius 3 is 1.88 bits per heavy atom. The molecule has 0 bridgehead atoms. The van der Waals surface area contributed by atoms with Crippen LogP contribution in [-0.4, -0.2) is 6.54 Å². The number of rotatable bonds is 3. The van der Waals surface area contributed by atoms with Crippen LogP contribution in [0, 0.1) is 23.3 Å². The summed E-state index contributed by atoms with van der Waals surface area (Å²) in [5, 5.41) is 0. The van der Waals surface area contributed by atoms with Gasteiger partial charge in [-0.3, -0.25) is 0 Å². The van der Waals surface area contributed by atoms with Crippen molar-refractivity contribution >= 4 is 0 Å². The molecule has 1 aromatic carbocycles. The molecule has 1 rings (SSSR count). The molecule has 90 valence electrons. The second-order valence-electron chi connectivity index (χ2n) is 4.27. The molecule has 0 aliphatic heterocycles. The van der Waals surface area contributed by atoms with Crippen molar-refractivity contribution in [2.45, 2.75) is 25.7 Å². The Morgan fingerprint density at radius 1 is 1.06 bits per heavy atom. The highest BCUT2D eigenvalue weighted by atomic mass is 19.2. The second-order valence-corrected chi connectivity index (χ2v) is 4.27. The molecule has 0 aromatic heterocycles. The average molecular weight is 235 g/mol. The summed E-state index contributed by atoms with van der Waals surface area (Å²) < 4.78 is 52.8. The molecule has 16 heavy (non-hydrogen) atoms. The lowest BCUT2D eigenvalue weighted by Gasteiger charge is -2.25. The predicted octanol–water partition coefficient (Wildman–Crippen LogP) is 2.87. The third kappa shape index (κ3) is 2.19. The van der Waals surface area contributed by atoms with E-state index >= 15 is 0 Å². The molecule has 0 saturated carbocycles. The molecule has 0 aliphatic carbocycles. The highest BCUT2D eigenvalue weighted by Crippen LogP contribution is 2.33. The molecule has 0 aliphatic rings. The quantitative estimate of drug-likeness (QED) is 0.632. The van der Waals surface area contributed by atoms with Crippen LogP contribution in [0.5, 0.6) is 0 Å². The first-order valence-corrected chi connectivity index (χ1v) is 4.85. The zero-order chi connectivity index (χ0) is 12.5. The van der Waals surface area contributed by atoms with Crippen LogP contribution in [-0.2, 0) is 5.41 Å². The Bertz CT molecular complexity index is 375. The fraction of sp³-hybridized carbons (Fsp3) is 0.455. The van der Waals surface area contributed by atoms with Gasteiger partial charge in [0, 0.05) is 11.6 Å². The van der Waals surface area contributed by atoms with E-state index in [4.69, 9.17) is 5.73 Å². The number of hydrogen-bond donors (Lipinski definition) is 1. The van der Waals surface area contributed by atoms with Crippen molar-refractivity contribution in [1.29, 1.82) is 0 Å². The molecule has 1 aromatic rings. The molecule has 0 unspecified atom stereocenters. The van der Waals surface area contributed by atoms with E-state index in [-0.39, 0.29) is 19.0 Å². The molecule has 2 N–H and O–H groups in total. The Kier molecular flexibility index (Phi) is 3.57. The molecule has 0 radical (unpaired) electrons. The molecule has 0 spiro atoms. The van der Waals surface area contributed by atoms with Crippen LogP contribution in [0.2, 0.25) is 0 Å². The van der Waals surface area contributed by atoms with E-state index in [9.17, 15) is 17.6 Å². The van der Waals surface area contributed by atoms with Gasteiger partial charge in [-0.1, -0.05) is 13.8 Å². The van der Waals surface area contributed by atoms with Gasteiger partial charge in [0.05, 0.1) is 0 Å². The summed E-state index contributed by atoms with van der Waals surface area (Å²) in [5.41, 5.74) is 3.66. The molecule has 0 heterocycles. The zero-order valence-electron chi connectivity index (χ0n) is 9.08. The van der Waals surface area contributed by atoms with Gasteiger partial charge in [-0.15, -0.1) is 0 Å². The molecular formula is C11H13F4N. The van der Waals surface area contributed by atoms with Gasteiger partial charge in [0.2, 0.25) is 0 Å². The molecule has 5 heteroatoms. The number of halogens is 4. The number of hydrogen-bond acceptors (Lipinski definition) is 1. The van der Waals surface area contributed by atoms with E-state index in [0.717, 1.165) is 0 Å². The second kappa shape index (κ2) is 4.41. The summed E-state index contributed by atoms with van der Waals surface area (Å²) in [5.74, 6) is -5.48. The van der Waals surface area contributed by atoms with E-state index in [1.165, 1.54) is 13.8 Å². The highest BCUT2D eigenvalue weighted by Gasteiger charge is 2.31. The van der Waals surface area contributed by atoms with Crippen LogP contribution in [0.15, 0.2) is 6.07 Å². The van der Waals surface area contributed by atoms with Gasteiger partial charge in [-0.2, -0.15) is 0 Å². The minimum absolute atomic E-state index is 0.171. The van der Waals surface area contributed by atoms with Gasteiger partial charge in [0.1, 0.15) is 0 Å². The van der Waals surface area contributed by atoms with Gasteiger partial charge in [-0.25, -0.2) is 17.6 Å². The SMILES string of the molecule is CC(C)(CCN)c1c(F)c(F)cc(F)c1F. The van der Waals surface area contributed by atoms with Crippen molar-refractivity contribution < 1.29 is 17.6 Å². The molecule has 0 atom stereocenters. The standard InChI is InChI=1S/C11H13F4N/c1-11(2,3-4-16)8-9(14)6(12)5-7(13)10(8)15/h5H,3-4,16H2,1-2H3. The highest BCUT2D eigenvalue weighted by molar-refractivity contribution is 5.29. The van der Waals surface area contributed by atoms with Crippen LogP contribution in [0.4, 0.5) is 17.6 Å². The average Bonchev–Trinajstić information content (AvgIpc) is 2.14. The fourth-order valence-electron chi connectivity index (χ4n) is 1.65. The Labute approximate surface area is 91.3 Å². The van der Waals surface area contributed by atoms with Gasteiger partial charge in [-0.05, 0) is 18.4 Å². The smallest absolute Gasteiger partial charge is 0.165 e. The van der Waals surface area contributed by atoms with Gasteiger partial charge >= 0.3 is 0 Å².